The Balaban J connectivity index is 1.71. The predicted molar refractivity (Wildman–Crippen MR) is 107 cm³/mol. The summed E-state index contributed by atoms with van der Waals surface area (Å²) in [4.78, 5) is 30.3. The largest absolute Gasteiger partial charge is 0.467 e. The average Bonchev–Trinajstić information content (AvgIpc) is 3.48. The van der Waals surface area contributed by atoms with Gasteiger partial charge < -0.3 is 19.3 Å². The molecule has 1 amide bonds. The van der Waals surface area contributed by atoms with E-state index in [4.69, 9.17) is 9.40 Å². The highest BCUT2D eigenvalue weighted by Crippen LogP contribution is 2.26. The summed E-state index contributed by atoms with van der Waals surface area (Å²) in [6.07, 6.45) is 8.73. The Morgan fingerprint density at radius 1 is 1.21 bits per heavy atom. The van der Waals surface area contributed by atoms with Crippen molar-refractivity contribution in [3.8, 4) is 11.3 Å². The lowest BCUT2D eigenvalue weighted by atomic mass is 10.1. The zero-order valence-corrected chi connectivity index (χ0v) is 16.1. The number of aromatic nitrogens is 3. The summed E-state index contributed by atoms with van der Waals surface area (Å²) in [5.41, 5.74) is 1.75. The van der Waals surface area contributed by atoms with Gasteiger partial charge in [0.1, 0.15) is 5.76 Å². The second-order valence-electron chi connectivity index (χ2n) is 6.89. The van der Waals surface area contributed by atoms with Gasteiger partial charge in [-0.3, -0.25) is 9.78 Å². The standard InChI is InChI=1S/C21H23N5O3/c27-12-11-26(15-17-4-3-13-29-17)20(28)18-14-23-21(25-9-1-2-10-25)24-19(18)16-5-7-22-8-6-16/h3-8,13-14,27H,1-2,9-12,15H2. The predicted octanol–water partition coefficient (Wildman–Crippen LogP) is 2.37. The molecule has 1 aliphatic heterocycles. The number of pyridine rings is 1. The second kappa shape index (κ2) is 8.83. The molecule has 1 aliphatic rings. The van der Waals surface area contributed by atoms with E-state index < -0.39 is 0 Å². The van der Waals surface area contributed by atoms with E-state index in [2.05, 4.69) is 14.9 Å². The molecule has 0 atom stereocenters. The molecule has 0 bridgehead atoms. The Morgan fingerprint density at radius 3 is 2.69 bits per heavy atom. The van der Waals surface area contributed by atoms with Gasteiger partial charge in [0, 0.05) is 43.8 Å². The molecule has 8 nitrogen and oxygen atoms in total. The molecule has 4 heterocycles. The monoisotopic (exact) mass is 393 g/mol. The highest BCUT2D eigenvalue weighted by molar-refractivity contribution is 5.99. The molecule has 0 saturated carbocycles. The van der Waals surface area contributed by atoms with Crippen molar-refractivity contribution in [3.05, 3.63) is 60.4 Å². The first-order valence-electron chi connectivity index (χ1n) is 9.71. The van der Waals surface area contributed by atoms with E-state index in [-0.39, 0.29) is 25.6 Å². The van der Waals surface area contributed by atoms with E-state index in [1.165, 1.54) is 4.90 Å². The Morgan fingerprint density at radius 2 is 2.00 bits per heavy atom. The number of furan rings is 1. The Kier molecular flexibility index (Phi) is 5.81. The maximum atomic E-state index is 13.4. The number of hydrogen-bond donors (Lipinski definition) is 1. The number of nitrogens with zero attached hydrogens (tertiary/aromatic N) is 5. The number of rotatable bonds is 7. The van der Waals surface area contributed by atoms with Crippen LogP contribution in [0.1, 0.15) is 29.0 Å². The molecule has 8 heteroatoms. The van der Waals surface area contributed by atoms with Crippen LogP contribution in [0.25, 0.3) is 11.3 Å². The van der Waals surface area contributed by atoms with Crippen LogP contribution in [0.4, 0.5) is 5.95 Å². The van der Waals surface area contributed by atoms with Crippen molar-refractivity contribution in [2.24, 2.45) is 0 Å². The van der Waals surface area contributed by atoms with Crippen molar-refractivity contribution in [1.82, 2.24) is 19.9 Å². The third kappa shape index (κ3) is 4.27. The highest BCUT2D eigenvalue weighted by Gasteiger charge is 2.24. The number of aliphatic hydroxyl groups excluding tert-OH is 1. The van der Waals surface area contributed by atoms with Crippen LogP contribution >= 0.6 is 0 Å². The molecule has 1 saturated heterocycles. The van der Waals surface area contributed by atoms with E-state index in [9.17, 15) is 9.90 Å². The van der Waals surface area contributed by atoms with Crippen LogP contribution in [0.3, 0.4) is 0 Å². The minimum atomic E-state index is -0.254. The van der Waals surface area contributed by atoms with Gasteiger partial charge >= 0.3 is 0 Å². The smallest absolute Gasteiger partial charge is 0.258 e. The molecule has 4 rings (SSSR count). The van der Waals surface area contributed by atoms with Crippen molar-refractivity contribution >= 4 is 11.9 Å². The van der Waals surface area contributed by atoms with Crippen molar-refractivity contribution in [1.29, 1.82) is 0 Å². The van der Waals surface area contributed by atoms with Crippen LogP contribution in [0.15, 0.2) is 53.5 Å². The van der Waals surface area contributed by atoms with Crippen molar-refractivity contribution in [2.75, 3.05) is 31.1 Å². The number of anilines is 1. The lowest BCUT2D eigenvalue weighted by Crippen LogP contribution is -2.34. The van der Waals surface area contributed by atoms with Crippen LogP contribution in [0.2, 0.25) is 0 Å². The van der Waals surface area contributed by atoms with Crippen LogP contribution in [-0.2, 0) is 6.54 Å². The van der Waals surface area contributed by atoms with Gasteiger partial charge in [-0.05, 0) is 37.1 Å². The number of carbonyl (C=O) groups is 1. The minimum absolute atomic E-state index is 0.149. The summed E-state index contributed by atoms with van der Waals surface area (Å²) >= 11 is 0. The number of amides is 1. The Labute approximate surface area is 168 Å². The fraction of sp³-hybridized carbons (Fsp3) is 0.333. The summed E-state index contributed by atoms with van der Waals surface area (Å²) in [6, 6.07) is 7.23. The average molecular weight is 393 g/mol. The van der Waals surface area contributed by atoms with E-state index in [1.807, 2.05) is 12.1 Å². The number of carbonyl (C=O) groups excluding carboxylic acids is 1. The van der Waals surface area contributed by atoms with Gasteiger partial charge in [0.25, 0.3) is 5.91 Å². The number of aliphatic hydroxyl groups is 1. The molecule has 0 aliphatic carbocycles. The van der Waals surface area contributed by atoms with E-state index in [0.717, 1.165) is 31.5 Å². The maximum Gasteiger partial charge on any atom is 0.258 e. The molecule has 3 aromatic heterocycles. The molecule has 29 heavy (non-hydrogen) atoms. The lowest BCUT2D eigenvalue weighted by Gasteiger charge is -2.23. The third-order valence-corrected chi connectivity index (χ3v) is 4.93. The van der Waals surface area contributed by atoms with E-state index in [0.29, 0.717) is 23.0 Å². The zero-order chi connectivity index (χ0) is 20.1. The first-order valence-corrected chi connectivity index (χ1v) is 9.71. The highest BCUT2D eigenvalue weighted by atomic mass is 16.3. The first kappa shape index (κ1) is 19.1. The van der Waals surface area contributed by atoms with Crippen LogP contribution in [0, 0.1) is 0 Å². The SMILES string of the molecule is O=C(c1cnc(N2CCCC2)nc1-c1ccncc1)N(CCO)Cc1ccco1. The first-order chi connectivity index (χ1) is 14.3. The van der Waals surface area contributed by atoms with Crippen molar-refractivity contribution in [3.63, 3.8) is 0 Å². The molecule has 150 valence electrons. The Hall–Kier alpha value is -3.26. The molecule has 0 spiro atoms. The van der Waals surface area contributed by atoms with E-state index in [1.54, 1.807) is 37.0 Å². The molecule has 1 fully saturated rings. The summed E-state index contributed by atoms with van der Waals surface area (Å²) in [5, 5.41) is 9.46. The molecular weight excluding hydrogens is 370 g/mol. The molecule has 0 aromatic carbocycles. The maximum absolute atomic E-state index is 13.4. The molecule has 1 N–H and O–H groups in total. The van der Waals surface area contributed by atoms with E-state index >= 15 is 0 Å². The topological polar surface area (TPSA) is 95.6 Å². The minimum Gasteiger partial charge on any atom is -0.467 e. The van der Waals surface area contributed by atoms with Gasteiger partial charge in [0.05, 0.1) is 30.7 Å². The summed E-state index contributed by atoms with van der Waals surface area (Å²) in [7, 11) is 0. The zero-order valence-electron chi connectivity index (χ0n) is 16.1. The molecular formula is C21H23N5O3. The molecule has 3 aromatic rings. The lowest BCUT2D eigenvalue weighted by molar-refractivity contribution is 0.0695. The van der Waals surface area contributed by atoms with Gasteiger partial charge in [-0.15, -0.1) is 0 Å². The quantitative estimate of drug-likeness (QED) is 0.658. The third-order valence-electron chi connectivity index (χ3n) is 4.93. The Bertz CT molecular complexity index is 940. The summed E-state index contributed by atoms with van der Waals surface area (Å²) in [5.74, 6) is 1.02. The van der Waals surface area contributed by atoms with Gasteiger partial charge in [-0.1, -0.05) is 0 Å². The van der Waals surface area contributed by atoms with Crippen LogP contribution < -0.4 is 4.90 Å². The summed E-state index contributed by atoms with van der Waals surface area (Å²) in [6.45, 7) is 2.12. The van der Waals surface area contributed by atoms with Crippen LogP contribution in [0.5, 0.6) is 0 Å². The molecule has 0 unspecified atom stereocenters. The fourth-order valence-electron chi connectivity index (χ4n) is 3.46. The second-order valence-corrected chi connectivity index (χ2v) is 6.89. The van der Waals surface area contributed by atoms with Gasteiger partial charge in [0.15, 0.2) is 0 Å². The normalized spacial score (nSPS) is 13.6. The van der Waals surface area contributed by atoms with Gasteiger partial charge in [0.2, 0.25) is 5.95 Å². The number of hydrogen-bond acceptors (Lipinski definition) is 7. The summed E-state index contributed by atoms with van der Waals surface area (Å²) < 4.78 is 5.38. The van der Waals surface area contributed by atoms with Gasteiger partial charge in [-0.25, -0.2) is 9.97 Å². The van der Waals surface area contributed by atoms with Crippen LogP contribution in [-0.4, -0.2) is 57.1 Å². The van der Waals surface area contributed by atoms with Crippen molar-refractivity contribution < 1.29 is 14.3 Å². The fourth-order valence-corrected chi connectivity index (χ4v) is 3.46. The van der Waals surface area contributed by atoms with Gasteiger partial charge in [-0.2, -0.15) is 0 Å². The molecule has 0 radical (unpaired) electrons. The van der Waals surface area contributed by atoms with Crippen molar-refractivity contribution in [2.45, 2.75) is 19.4 Å².